The number of aliphatic hydroxyl groups excluding tert-OH is 1. The molecule has 13 heavy (non-hydrogen) atoms. The van der Waals surface area contributed by atoms with Crippen LogP contribution in [0.3, 0.4) is 0 Å². The smallest absolute Gasteiger partial charge is 0.307 e. The van der Waals surface area contributed by atoms with Crippen LogP contribution in [0.4, 0.5) is 0 Å². The Labute approximate surface area is 89.1 Å². The standard InChI is InChI=1S/C8H12BrNO2S/c1-5-6(2)13-8(12)10(5)4-7(11)3-9/h7,11H,3-4H2,1-2H3. The zero-order valence-electron chi connectivity index (χ0n) is 7.58. The molecule has 0 saturated heterocycles. The molecule has 0 saturated carbocycles. The van der Waals surface area contributed by atoms with Gasteiger partial charge in [0.1, 0.15) is 0 Å². The average Bonchev–Trinajstić information content (AvgIpc) is 2.32. The van der Waals surface area contributed by atoms with E-state index in [-0.39, 0.29) is 4.87 Å². The van der Waals surface area contributed by atoms with E-state index in [0.717, 1.165) is 10.6 Å². The van der Waals surface area contributed by atoms with Gasteiger partial charge in [0.25, 0.3) is 0 Å². The summed E-state index contributed by atoms with van der Waals surface area (Å²) in [7, 11) is 0. The second kappa shape index (κ2) is 4.39. The molecule has 1 aromatic heterocycles. The number of aromatic nitrogens is 1. The molecular weight excluding hydrogens is 254 g/mol. The van der Waals surface area contributed by atoms with Crippen molar-refractivity contribution in [2.45, 2.75) is 26.5 Å². The number of hydrogen-bond donors (Lipinski definition) is 1. The summed E-state index contributed by atoms with van der Waals surface area (Å²) in [5.74, 6) is 0. The molecular formula is C8H12BrNO2S. The van der Waals surface area contributed by atoms with E-state index in [9.17, 15) is 9.90 Å². The highest BCUT2D eigenvalue weighted by Gasteiger charge is 2.10. The highest BCUT2D eigenvalue weighted by atomic mass is 79.9. The van der Waals surface area contributed by atoms with Crippen molar-refractivity contribution in [3.63, 3.8) is 0 Å². The lowest BCUT2D eigenvalue weighted by Gasteiger charge is -2.08. The van der Waals surface area contributed by atoms with Gasteiger partial charge in [0.15, 0.2) is 0 Å². The molecule has 0 aliphatic carbocycles. The molecule has 0 fully saturated rings. The highest BCUT2D eigenvalue weighted by Crippen LogP contribution is 2.10. The van der Waals surface area contributed by atoms with Crippen molar-refractivity contribution >= 4 is 27.3 Å². The largest absolute Gasteiger partial charge is 0.390 e. The minimum Gasteiger partial charge on any atom is -0.390 e. The summed E-state index contributed by atoms with van der Waals surface area (Å²) in [6.07, 6.45) is -0.495. The fourth-order valence-corrected chi connectivity index (χ4v) is 2.10. The van der Waals surface area contributed by atoms with Gasteiger partial charge >= 0.3 is 4.87 Å². The third kappa shape index (κ3) is 2.42. The van der Waals surface area contributed by atoms with Crippen LogP contribution in [0.15, 0.2) is 4.79 Å². The number of nitrogens with zero attached hydrogens (tertiary/aromatic N) is 1. The Bertz CT molecular complexity index is 344. The van der Waals surface area contributed by atoms with Gasteiger partial charge in [-0.3, -0.25) is 4.79 Å². The van der Waals surface area contributed by atoms with Crippen LogP contribution in [-0.4, -0.2) is 21.1 Å². The molecule has 1 N–H and O–H groups in total. The SMILES string of the molecule is Cc1sc(=O)n(CC(O)CBr)c1C. The lowest BCUT2D eigenvalue weighted by Crippen LogP contribution is -2.24. The molecule has 74 valence electrons. The molecule has 0 radical (unpaired) electrons. The fourth-order valence-electron chi connectivity index (χ4n) is 1.06. The maximum atomic E-state index is 11.4. The predicted molar refractivity (Wildman–Crippen MR) is 57.9 cm³/mol. The van der Waals surface area contributed by atoms with E-state index in [0.29, 0.717) is 11.9 Å². The minimum absolute atomic E-state index is 0.00926. The van der Waals surface area contributed by atoms with Gasteiger partial charge in [0.05, 0.1) is 12.6 Å². The first-order valence-electron chi connectivity index (χ1n) is 3.97. The number of rotatable bonds is 3. The Morgan fingerprint density at radius 3 is 2.62 bits per heavy atom. The minimum atomic E-state index is -0.495. The van der Waals surface area contributed by atoms with Gasteiger partial charge < -0.3 is 9.67 Å². The number of aryl methyl sites for hydroxylation is 1. The topological polar surface area (TPSA) is 42.2 Å². The molecule has 1 aromatic rings. The van der Waals surface area contributed by atoms with Gasteiger partial charge in [0.2, 0.25) is 0 Å². The Kier molecular flexibility index (Phi) is 3.70. The summed E-state index contributed by atoms with van der Waals surface area (Å²) in [4.78, 5) is 12.4. The molecule has 1 heterocycles. The monoisotopic (exact) mass is 265 g/mol. The number of thiazole rings is 1. The van der Waals surface area contributed by atoms with Crippen LogP contribution in [0, 0.1) is 13.8 Å². The zero-order chi connectivity index (χ0) is 10.0. The maximum Gasteiger partial charge on any atom is 0.307 e. The van der Waals surface area contributed by atoms with Crippen molar-refractivity contribution in [2.24, 2.45) is 0 Å². The van der Waals surface area contributed by atoms with E-state index in [1.54, 1.807) is 4.57 Å². The van der Waals surface area contributed by atoms with E-state index in [2.05, 4.69) is 15.9 Å². The van der Waals surface area contributed by atoms with E-state index in [4.69, 9.17) is 0 Å². The quantitative estimate of drug-likeness (QED) is 0.837. The van der Waals surface area contributed by atoms with Crippen LogP contribution in [0.1, 0.15) is 10.6 Å². The molecule has 0 amide bonds. The summed E-state index contributed by atoms with van der Waals surface area (Å²) < 4.78 is 1.62. The molecule has 1 unspecified atom stereocenters. The number of alkyl halides is 1. The van der Waals surface area contributed by atoms with E-state index in [1.807, 2.05) is 13.8 Å². The molecule has 5 heteroatoms. The van der Waals surface area contributed by atoms with Crippen LogP contribution in [0.25, 0.3) is 0 Å². The summed E-state index contributed by atoms with van der Waals surface area (Å²) in [5, 5.41) is 9.86. The second-order valence-corrected chi connectivity index (χ2v) is 4.74. The molecule has 0 aromatic carbocycles. The zero-order valence-corrected chi connectivity index (χ0v) is 9.98. The second-order valence-electron chi connectivity index (χ2n) is 2.93. The summed E-state index contributed by atoms with van der Waals surface area (Å²) >= 11 is 4.40. The number of hydrogen-bond acceptors (Lipinski definition) is 3. The van der Waals surface area contributed by atoms with Crippen molar-refractivity contribution in [3.05, 3.63) is 20.2 Å². The average molecular weight is 266 g/mol. The van der Waals surface area contributed by atoms with Crippen molar-refractivity contribution in [2.75, 3.05) is 5.33 Å². The maximum absolute atomic E-state index is 11.4. The van der Waals surface area contributed by atoms with Crippen molar-refractivity contribution in [3.8, 4) is 0 Å². The number of aliphatic hydroxyl groups is 1. The normalized spacial score (nSPS) is 13.2. The fraction of sp³-hybridized carbons (Fsp3) is 0.625. The Balaban J connectivity index is 2.94. The van der Waals surface area contributed by atoms with Crippen LogP contribution >= 0.6 is 27.3 Å². The third-order valence-corrected chi connectivity index (χ3v) is 3.69. The number of halogens is 1. The molecule has 0 aliphatic heterocycles. The van der Waals surface area contributed by atoms with Crippen molar-refractivity contribution in [1.82, 2.24) is 4.57 Å². The Morgan fingerprint density at radius 2 is 2.23 bits per heavy atom. The van der Waals surface area contributed by atoms with Crippen molar-refractivity contribution < 1.29 is 5.11 Å². The lowest BCUT2D eigenvalue weighted by atomic mass is 10.3. The Morgan fingerprint density at radius 1 is 1.62 bits per heavy atom. The first-order chi connectivity index (χ1) is 6.06. The predicted octanol–water partition coefficient (Wildman–Crippen LogP) is 1.28. The first kappa shape index (κ1) is 10.9. The molecule has 1 rings (SSSR count). The summed E-state index contributed by atoms with van der Waals surface area (Å²) in [6.45, 7) is 4.19. The van der Waals surface area contributed by atoms with Gasteiger partial charge in [-0.1, -0.05) is 27.3 Å². The third-order valence-electron chi connectivity index (χ3n) is 1.95. The molecule has 0 spiro atoms. The van der Waals surface area contributed by atoms with E-state index >= 15 is 0 Å². The van der Waals surface area contributed by atoms with Gasteiger partial charge in [-0.25, -0.2) is 0 Å². The molecule has 3 nitrogen and oxygen atoms in total. The first-order valence-corrected chi connectivity index (χ1v) is 5.91. The van der Waals surface area contributed by atoms with Crippen molar-refractivity contribution in [1.29, 1.82) is 0 Å². The van der Waals surface area contributed by atoms with Gasteiger partial charge in [0, 0.05) is 15.9 Å². The molecule has 1 atom stereocenters. The van der Waals surface area contributed by atoms with Gasteiger partial charge in [-0.15, -0.1) is 0 Å². The van der Waals surface area contributed by atoms with Gasteiger partial charge in [-0.2, -0.15) is 0 Å². The lowest BCUT2D eigenvalue weighted by molar-refractivity contribution is 0.177. The van der Waals surface area contributed by atoms with Crippen LogP contribution in [0.2, 0.25) is 0 Å². The molecule has 0 aliphatic rings. The van der Waals surface area contributed by atoms with Crippen LogP contribution < -0.4 is 4.87 Å². The highest BCUT2D eigenvalue weighted by molar-refractivity contribution is 9.09. The summed E-state index contributed by atoms with van der Waals surface area (Å²) in [6, 6.07) is 0. The van der Waals surface area contributed by atoms with E-state index < -0.39 is 6.10 Å². The van der Waals surface area contributed by atoms with Crippen LogP contribution in [-0.2, 0) is 6.54 Å². The molecule has 0 bridgehead atoms. The van der Waals surface area contributed by atoms with E-state index in [1.165, 1.54) is 11.3 Å². The van der Waals surface area contributed by atoms with Crippen LogP contribution in [0.5, 0.6) is 0 Å². The summed E-state index contributed by atoms with van der Waals surface area (Å²) in [5.41, 5.74) is 0.954. The van der Waals surface area contributed by atoms with Gasteiger partial charge in [-0.05, 0) is 13.8 Å². The Hall–Kier alpha value is -0.130.